The van der Waals surface area contributed by atoms with Crippen LogP contribution in [0.25, 0.3) is 0 Å². The third kappa shape index (κ3) is 5.78. The second-order valence-electron chi connectivity index (χ2n) is 7.35. The molecule has 24 heavy (non-hydrogen) atoms. The first-order chi connectivity index (χ1) is 11.2. The fourth-order valence-electron chi connectivity index (χ4n) is 2.72. The lowest BCUT2D eigenvalue weighted by atomic mass is 9.97. The molecule has 0 atom stereocenters. The SMILES string of the molecule is CC(=O)NCCc1csc(C2CCN(C(=O)NC(C)(C)C)CC2)n1. The van der Waals surface area contributed by atoms with Crippen LogP contribution in [0.5, 0.6) is 0 Å². The minimum absolute atomic E-state index is 0.00800. The minimum atomic E-state index is -0.202. The summed E-state index contributed by atoms with van der Waals surface area (Å²) in [6.07, 6.45) is 2.68. The minimum Gasteiger partial charge on any atom is -0.356 e. The van der Waals surface area contributed by atoms with Gasteiger partial charge in [0.05, 0.1) is 10.7 Å². The number of nitrogens with one attached hydrogen (secondary N) is 2. The molecular weight excluding hydrogens is 324 g/mol. The van der Waals surface area contributed by atoms with Crippen LogP contribution in [0.15, 0.2) is 5.38 Å². The average Bonchev–Trinajstić information content (AvgIpc) is 2.94. The van der Waals surface area contributed by atoms with Crippen molar-refractivity contribution in [2.75, 3.05) is 19.6 Å². The van der Waals surface area contributed by atoms with Crippen LogP contribution in [0.3, 0.4) is 0 Å². The van der Waals surface area contributed by atoms with Gasteiger partial charge >= 0.3 is 6.03 Å². The van der Waals surface area contributed by atoms with Gasteiger partial charge in [-0.15, -0.1) is 11.3 Å². The van der Waals surface area contributed by atoms with Crippen molar-refractivity contribution in [3.8, 4) is 0 Å². The number of carbonyl (C=O) groups excluding carboxylic acids is 2. The lowest BCUT2D eigenvalue weighted by molar-refractivity contribution is -0.118. The molecule has 2 N–H and O–H groups in total. The highest BCUT2D eigenvalue weighted by molar-refractivity contribution is 7.09. The highest BCUT2D eigenvalue weighted by Gasteiger charge is 2.27. The highest BCUT2D eigenvalue weighted by atomic mass is 32.1. The van der Waals surface area contributed by atoms with Crippen molar-refractivity contribution in [2.45, 2.75) is 58.4 Å². The Morgan fingerprint density at radius 3 is 2.58 bits per heavy atom. The molecule has 1 aliphatic heterocycles. The number of carbonyl (C=O) groups is 2. The Balaban J connectivity index is 1.81. The predicted molar refractivity (Wildman–Crippen MR) is 96.3 cm³/mol. The van der Waals surface area contributed by atoms with Gasteiger partial charge in [-0.2, -0.15) is 0 Å². The number of likely N-dealkylation sites (tertiary alicyclic amines) is 1. The molecule has 0 aromatic carbocycles. The molecule has 0 aliphatic carbocycles. The van der Waals surface area contributed by atoms with E-state index < -0.39 is 0 Å². The zero-order valence-electron chi connectivity index (χ0n) is 15.0. The number of hydrogen-bond donors (Lipinski definition) is 2. The van der Waals surface area contributed by atoms with Crippen LogP contribution in [0.1, 0.15) is 57.2 Å². The largest absolute Gasteiger partial charge is 0.356 e. The van der Waals surface area contributed by atoms with Crippen molar-refractivity contribution in [1.82, 2.24) is 20.5 Å². The van der Waals surface area contributed by atoms with Crippen molar-refractivity contribution in [2.24, 2.45) is 0 Å². The number of hydrogen-bond acceptors (Lipinski definition) is 4. The van der Waals surface area contributed by atoms with Crippen LogP contribution in [-0.2, 0) is 11.2 Å². The van der Waals surface area contributed by atoms with E-state index in [1.165, 1.54) is 6.92 Å². The van der Waals surface area contributed by atoms with E-state index in [4.69, 9.17) is 4.98 Å². The van der Waals surface area contributed by atoms with Gasteiger partial charge in [-0.1, -0.05) is 0 Å². The number of rotatable bonds is 4. The van der Waals surface area contributed by atoms with Gasteiger partial charge in [-0.3, -0.25) is 4.79 Å². The Kier molecular flexibility index (Phi) is 6.21. The first-order valence-corrected chi connectivity index (χ1v) is 9.38. The molecule has 2 rings (SSSR count). The van der Waals surface area contributed by atoms with Gasteiger partial charge in [0.2, 0.25) is 5.91 Å². The van der Waals surface area contributed by atoms with Crippen LogP contribution in [0.4, 0.5) is 4.79 Å². The average molecular weight is 353 g/mol. The van der Waals surface area contributed by atoms with Crippen LogP contribution < -0.4 is 10.6 Å². The molecule has 1 aliphatic rings. The Hall–Kier alpha value is -1.63. The maximum absolute atomic E-state index is 12.2. The van der Waals surface area contributed by atoms with E-state index in [-0.39, 0.29) is 17.5 Å². The van der Waals surface area contributed by atoms with Crippen molar-refractivity contribution in [3.63, 3.8) is 0 Å². The summed E-state index contributed by atoms with van der Waals surface area (Å²) in [7, 11) is 0. The number of aromatic nitrogens is 1. The molecule has 1 fully saturated rings. The van der Waals surface area contributed by atoms with Crippen molar-refractivity contribution < 1.29 is 9.59 Å². The summed E-state index contributed by atoms with van der Waals surface area (Å²) in [4.78, 5) is 29.7. The van der Waals surface area contributed by atoms with Crippen molar-refractivity contribution >= 4 is 23.3 Å². The number of urea groups is 1. The van der Waals surface area contributed by atoms with E-state index in [0.717, 1.165) is 43.1 Å². The van der Waals surface area contributed by atoms with Crippen LogP contribution >= 0.6 is 11.3 Å². The molecule has 1 aromatic rings. The molecule has 3 amide bonds. The maximum atomic E-state index is 12.2. The molecule has 2 heterocycles. The zero-order valence-corrected chi connectivity index (χ0v) is 15.8. The molecule has 6 nitrogen and oxygen atoms in total. The number of nitrogens with zero attached hydrogens (tertiary/aromatic N) is 2. The zero-order chi connectivity index (χ0) is 17.7. The van der Waals surface area contributed by atoms with E-state index in [9.17, 15) is 9.59 Å². The van der Waals surface area contributed by atoms with E-state index in [1.807, 2.05) is 25.7 Å². The smallest absolute Gasteiger partial charge is 0.317 e. The third-order valence-electron chi connectivity index (χ3n) is 3.94. The monoisotopic (exact) mass is 352 g/mol. The normalized spacial score (nSPS) is 16.1. The van der Waals surface area contributed by atoms with Crippen LogP contribution in [0, 0.1) is 0 Å². The number of piperidine rings is 1. The van der Waals surface area contributed by atoms with E-state index >= 15 is 0 Å². The summed E-state index contributed by atoms with van der Waals surface area (Å²) in [6, 6.07) is 0.0242. The summed E-state index contributed by atoms with van der Waals surface area (Å²) >= 11 is 1.69. The molecule has 0 saturated carbocycles. The van der Waals surface area contributed by atoms with Crippen molar-refractivity contribution in [3.05, 3.63) is 16.1 Å². The molecule has 0 bridgehead atoms. The van der Waals surface area contributed by atoms with Crippen LogP contribution in [0.2, 0.25) is 0 Å². The van der Waals surface area contributed by atoms with Gasteiger partial charge in [0.15, 0.2) is 0 Å². The standard InChI is InChI=1S/C17H28N4O2S/c1-12(22)18-8-5-14-11-24-15(19-14)13-6-9-21(10-7-13)16(23)20-17(2,3)4/h11,13H,5-10H2,1-4H3,(H,18,22)(H,20,23). The van der Waals surface area contributed by atoms with Crippen LogP contribution in [-0.4, -0.2) is 47.0 Å². The molecule has 0 unspecified atom stereocenters. The fraction of sp³-hybridized carbons (Fsp3) is 0.706. The summed E-state index contributed by atoms with van der Waals surface area (Å²) in [5, 5.41) is 9.05. The lowest BCUT2D eigenvalue weighted by Crippen LogP contribution is -2.50. The Bertz CT molecular complexity index is 571. The Morgan fingerprint density at radius 2 is 2.00 bits per heavy atom. The van der Waals surface area contributed by atoms with E-state index in [1.54, 1.807) is 11.3 Å². The van der Waals surface area contributed by atoms with E-state index in [2.05, 4.69) is 16.0 Å². The molecule has 1 aromatic heterocycles. The third-order valence-corrected chi connectivity index (χ3v) is 4.99. The molecular formula is C17H28N4O2S. The summed E-state index contributed by atoms with van der Waals surface area (Å²) in [5.74, 6) is 0.426. The van der Waals surface area contributed by atoms with Gasteiger partial charge in [-0.25, -0.2) is 9.78 Å². The van der Waals surface area contributed by atoms with Gasteiger partial charge in [0, 0.05) is 49.8 Å². The first kappa shape index (κ1) is 18.7. The molecule has 134 valence electrons. The highest BCUT2D eigenvalue weighted by Crippen LogP contribution is 2.30. The lowest BCUT2D eigenvalue weighted by Gasteiger charge is -2.33. The second-order valence-corrected chi connectivity index (χ2v) is 8.24. The Labute approximate surface area is 148 Å². The first-order valence-electron chi connectivity index (χ1n) is 8.50. The number of amides is 3. The fourth-order valence-corrected chi connectivity index (χ4v) is 3.75. The van der Waals surface area contributed by atoms with Gasteiger partial charge < -0.3 is 15.5 Å². The van der Waals surface area contributed by atoms with Gasteiger partial charge in [0.25, 0.3) is 0 Å². The topological polar surface area (TPSA) is 74.3 Å². The molecule has 1 saturated heterocycles. The summed E-state index contributed by atoms with van der Waals surface area (Å²) in [5.41, 5.74) is 0.836. The van der Waals surface area contributed by atoms with Gasteiger partial charge in [0.1, 0.15) is 0 Å². The molecule has 0 spiro atoms. The molecule has 0 radical (unpaired) electrons. The number of thiazole rings is 1. The maximum Gasteiger partial charge on any atom is 0.317 e. The van der Waals surface area contributed by atoms with Crippen molar-refractivity contribution in [1.29, 1.82) is 0 Å². The quantitative estimate of drug-likeness (QED) is 0.874. The Morgan fingerprint density at radius 1 is 1.33 bits per heavy atom. The van der Waals surface area contributed by atoms with Gasteiger partial charge in [-0.05, 0) is 33.6 Å². The predicted octanol–water partition coefficient (Wildman–Crippen LogP) is 2.51. The second kappa shape index (κ2) is 7.96. The van der Waals surface area contributed by atoms with E-state index in [0.29, 0.717) is 12.5 Å². The molecule has 7 heteroatoms. The summed E-state index contributed by atoms with van der Waals surface area (Å²) < 4.78 is 0. The summed E-state index contributed by atoms with van der Waals surface area (Å²) in [6.45, 7) is 9.68.